The Labute approximate surface area is 141 Å². The zero-order valence-electron chi connectivity index (χ0n) is 14.6. The number of carbonyl (C=O) groups is 1. The summed E-state index contributed by atoms with van der Waals surface area (Å²) in [6, 6.07) is 0.229. The minimum absolute atomic E-state index is 0. The molecule has 0 heterocycles. The molecule has 0 bridgehead atoms. The van der Waals surface area contributed by atoms with Crippen molar-refractivity contribution >= 4 is 18.3 Å². The highest BCUT2D eigenvalue weighted by atomic mass is 35.5. The maximum atomic E-state index is 12.3. The lowest BCUT2D eigenvalue weighted by Gasteiger charge is -2.55. The zero-order chi connectivity index (χ0) is 16.0. The maximum absolute atomic E-state index is 12.3. The minimum Gasteiger partial charge on any atom is -0.380 e. The van der Waals surface area contributed by atoms with Crippen LogP contribution in [0.1, 0.15) is 46.5 Å². The number of carbonyl (C=O) groups excluding carboxylic acids is 1. The molecule has 0 aliphatic heterocycles. The Balaban J connectivity index is 0.00000441. The highest BCUT2D eigenvalue weighted by Gasteiger charge is 2.51. The van der Waals surface area contributed by atoms with Gasteiger partial charge in [-0.2, -0.15) is 0 Å². The summed E-state index contributed by atoms with van der Waals surface area (Å²) >= 11 is 0. The molecule has 0 radical (unpaired) electrons. The fourth-order valence-corrected chi connectivity index (χ4v) is 2.95. The van der Waals surface area contributed by atoms with E-state index in [0.29, 0.717) is 13.0 Å². The van der Waals surface area contributed by atoms with Crippen molar-refractivity contribution in [3.8, 4) is 0 Å². The van der Waals surface area contributed by atoms with E-state index in [2.05, 4.69) is 20.8 Å². The molecule has 3 atom stereocenters. The molecule has 1 saturated carbocycles. The lowest BCUT2D eigenvalue weighted by atomic mass is 9.63. The number of amides is 1. The van der Waals surface area contributed by atoms with E-state index in [1.54, 1.807) is 7.11 Å². The number of hydrogen-bond donors (Lipinski definition) is 1. The van der Waals surface area contributed by atoms with Crippen molar-refractivity contribution in [1.82, 2.24) is 4.90 Å². The number of unbranched alkanes of at least 4 members (excludes halogenated alkanes) is 1. The summed E-state index contributed by atoms with van der Waals surface area (Å²) in [5, 5.41) is 0. The van der Waals surface area contributed by atoms with Gasteiger partial charge in [-0.1, -0.05) is 27.2 Å². The molecule has 3 unspecified atom stereocenters. The monoisotopic (exact) mass is 336 g/mol. The third-order valence-electron chi connectivity index (χ3n) is 4.80. The Bertz CT molecular complexity index is 335. The van der Waals surface area contributed by atoms with Crippen LogP contribution in [0.4, 0.5) is 0 Å². The quantitative estimate of drug-likeness (QED) is 0.656. The van der Waals surface area contributed by atoms with Gasteiger partial charge in [-0.25, -0.2) is 0 Å². The molecule has 132 valence electrons. The zero-order valence-corrected chi connectivity index (χ0v) is 15.4. The molecule has 1 aliphatic rings. The predicted octanol–water partition coefficient (Wildman–Crippen LogP) is 2.21. The first-order valence-corrected chi connectivity index (χ1v) is 7.98. The molecule has 0 saturated heterocycles. The molecule has 0 spiro atoms. The van der Waals surface area contributed by atoms with Gasteiger partial charge in [0, 0.05) is 38.8 Å². The molecule has 1 amide bonds. The van der Waals surface area contributed by atoms with E-state index < -0.39 is 0 Å². The molecule has 0 aromatic heterocycles. The van der Waals surface area contributed by atoms with Crippen LogP contribution in [-0.4, -0.2) is 56.4 Å². The molecule has 2 N–H and O–H groups in total. The van der Waals surface area contributed by atoms with Crippen LogP contribution in [0.3, 0.4) is 0 Å². The number of methoxy groups -OCH3 is 1. The third-order valence-corrected chi connectivity index (χ3v) is 4.80. The fourth-order valence-electron chi connectivity index (χ4n) is 2.95. The van der Waals surface area contributed by atoms with Crippen molar-refractivity contribution in [2.75, 3.05) is 27.3 Å². The first-order valence-electron chi connectivity index (χ1n) is 7.98. The van der Waals surface area contributed by atoms with Gasteiger partial charge in [-0.05, 0) is 12.8 Å². The highest BCUT2D eigenvalue weighted by molar-refractivity contribution is 5.85. The van der Waals surface area contributed by atoms with E-state index in [1.807, 2.05) is 11.9 Å². The first kappa shape index (κ1) is 21.6. The smallest absolute Gasteiger partial charge is 0.225 e. The van der Waals surface area contributed by atoms with Gasteiger partial charge in [0.15, 0.2) is 0 Å². The van der Waals surface area contributed by atoms with Crippen LogP contribution in [0, 0.1) is 5.41 Å². The van der Waals surface area contributed by atoms with Gasteiger partial charge in [0.25, 0.3) is 0 Å². The van der Waals surface area contributed by atoms with Gasteiger partial charge in [-0.15, -0.1) is 12.4 Å². The highest BCUT2D eigenvalue weighted by Crippen LogP contribution is 2.45. The van der Waals surface area contributed by atoms with Crippen LogP contribution in [0.5, 0.6) is 0 Å². The summed E-state index contributed by atoms with van der Waals surface area (Å²) in [5.74, 6) is 0.0948. The van der Waals surface area contributed by atoms with E-state index in [-0.39, 0.29) is 42.0 Å². The number of ether oxygens (including phenoxy) is 2. The predicted molar refractivity (Wildman–Crippen MR) is 91.3 cm³/mol. The lowest BCUT2D eigenvalue weighted by molar-refractivity contribution is -0.166. The first-order chi connectivity index (χ1) is 9.88. The molecule has 1 rings (SSSR count). The Kier molecular flexibility index (Phi) is 9.55. The third kappa shape index (κ3) is 5.08. The van der Waals surface area contributed by atoms with Gasteiger partial charge in [0.05, 0.1) is 18.6 Å². The maximum Gasteiger partial charge on any atom is 0.225 e. The van der Waals surface area contributed by atoms with Crippen LogP contribution in [0.25, 0.3) is 0 Å². The second-order valence-electron chi connectivity index (χ2n) is 6.59. The molecule has 0 aromatic rings. The summed E-state index contributed by atoms with van der Waals surface area (Å²) in [6.07, 6.45) is 3.55. The molecule has 6 heteroatoms. The van der Waals surface area contributed by atoms with Crippen LogP contribution in [-0.2, 0) is 14.3 Å². The molecule has 22 heavy (non-hydrogen) atoms. The van der Waals surface area contributed by atoms with Crippen LogP contribution in [0.15, 0.2) is 0 Å². The van der Waals surface area contributed by atoms with Crippen molar-refractivity contribution in [2.45, 2.75) is 64.7 Å². The van der Waals surface area contributed by atoms with Crippen molar-refractivity contribution < 1.29 is 14.3 Å². The topological polar surface area (TPSA) is 64.8 Å². The van der Waals surface area contributed by atoms with Gasteiger partial charge in [0.1, 0.15) is 0 Å². The number of nitrogens with two attached hydrogens (primary N) is 1. The van der Waals surface area contributed by atoms with Crippen molar-refractivity contribution in [3.05, 3.63) is 0 Å². The van der Waals surface area contributed by atoms with Crippen molar-refractivity contribution in [2.24, 2.45) is 11.1 Å². The van der Waals surface area contributed by atoms with E-state index in [9.17, 15) is 4.79 Å². The molecular weight excluding hydrogens is 304 g/mol. The average molecular weight is 337 g/mol. The van der Waals surface area contributed by atoms with Gasteiger partial charge in [0.2, 0.25) is 5.91 Å². The number of hydrogen-bond acceptors (Lipinski definition) is 4. The fraction of sp³-hybridized carbons (Fsp3) is 0.938. The van der Waals surface area contributed by atoms with Gasteiger partial charge in [-0.3, -0.25) is 4.79 Å². The van der Waals surface area contributed by atoms with Crippen LogP contribution < -0.4 is 5.73 Å². The SMILES string of the molecule is CCCCOC1CC(N(C)C(=O)CC(CN)OC)C1(C)C.Cl. The molecule has 5 nitrogen and oxygen atoms in total. The summed E-state index contributed by atoms with van der Waals surface area (Å²) in [6.45, 7) is 7.70. The Morgan fingerprint density at radius 3 is 2.55 bits per heavy atom. The summed E-state index contributed by atoms with van der Waals surface area (Å²) in [7, 11) is 3.47. The van der Waals surface area contributed by atoms with Crippen LogP contribution >= 0.6 is 12.4 Å². The normalized spacial score (nSPS) is 24.1. The summed E-state index contributed by atoms with van der Waals surface area (Å²) in [5.41, 5.74) is 5.59. The van der Waals surface area contributed by atoms with Crippen molar-refractivity contribution in [3.63, 3.8) is 0 Å². The Hall–Kier alpha value is -0.360. The van der Waals surface area contributed by atoms with Gasteiger partial charge < -0.3 is 20.1 Å². The summed E-state index contributed by atoms with van der Waals surface area (Å²) in [4.78, 5) is 14.2. The van der Waals surface area contributed by atoms with E-state index in [1.165, 1.54) is 0 Å². The second-order valence-corrected chi connectivity index (χ2v) is 6.59. The van der Waals surface area contributed by atoms with Gasteiger partial charge >= 0.3 is 0 Å². The van der Waals surface area contributed by atoms with E-state index in [0.717, 1.165) is 25.9 Å². The van der Waals surface area contributed by atoms with Crippen LogP contribution in [0.2, 0.25) is 0 Å². The average Bonchev–Trinajstić information content (AvgIpc) is 2.46. The molecular formula is C16H33ClN2O3. The molecule has 1 aliphatic carbocycles. The van der Waals surface area contributed by atoms with E-state index in [4.69, 9.17) is 15.2 Å². The molecule has 1 fully saturated rings. The number of halogens is 1. The standard InChI is InChI=1S/C16H32N2O3.ClH/c1-6-7-8-21-14-10-13(16(14,2)3)18(4)15(19)9-12(11-17)20-5;/h12-14H,6-11,17H2,1-5H3;1H. The minimum atomic E-state index is -0.195. The van der Waals surface area contributed by atoms with E-state index >= 15 is 0 Å². The second kappa shape index (κ2) is 9.71. The Morgan fingerprint density at radius 1 is 1.45 bits per heavy atom. The molecule has 0 aromatic carbocycles. The number of rotatable bonds is 9. The number of nitrogens with zero attached hydrogens (tertiary/aromatic N) is 1. The summed E-state index contributed by atoms with van der Waals surface area (Å²) < 4.78 is 11.1. The van der Waals surface area contributed by atoms with Crippen molar-refractivity contribution in [1.29, 1.82) is 0 Å². The Morgan fingerprint density at radius 2 is 2.09 bits per heavy atom. The lowest BCUT2D eigenvalue weighted by Crippen LogP contribution is -2.62. The largest absolute Gasteiger partial charge is 0.380 e.